The summed E-state index contributed by atoms with van der Waals surface area (Å²) in [7, 11) is 1.62. The monoisotopic (exact) mass is 488 g/mol. The molecular formula is C29H24N6O2. The first kappa shape index (κ1) is 22.5. The minimum atomic E-state index is -0.191. The maximum Gasteiger partial charge on any atom is 0.282 e. The summed E-state index contributed by atoms with van der Waals surface area (Å²) in [5.74, 6) is 1.41. The third-order valence-corrected chi connectivity index (χ3v) is 6.41. The predicted octanol–water partition coefficient (Wildman–Crippen LogP) is 4.94. The first-order chi connectivity index (χ1) is 18.2. The molecule has 8 heteroatoms. The Hall–Kier alpha value is -4.98. The molecule has 0 amide bonds. The Balaban J connectivity index is 1.62. The van der Waals surface area contributed by atoms with Gasteiger partial charge in [-0.1, -0.05) is 72.8 Å². The Morgan fingerprint density at radius 1 is 0.811 bits per heavy atom. The van der Waals surface area contributed by atoms with Crippen molar-refractivity contribution in [3.05, 3.63) is 113 Å². The molecule has 0 fully saturated rings. The zero-order valence-electron chi connectivity index (χ0n) is 20.2. The van der Waals surface area contributed by atoms with Gasteiger partial charge in [0, 0.05) is 17.7 Å². The molecule has 0 aliphatic heterocycles. The first-order valence-electron chi connectivity index (χ1n) is 12.0. The molecule has 0 unspecified atom stereocenters. The highest BCUT2D eigenvalue weighted by Gasteiger charge is 2.22. The number of benzene rings is 3. The van der Waals surface area contributed by atoms with Crippen molar-refractivity contribution in [3.63, 3.8) is 0 Å². The minimum absolute atomic E-state index is 0.191. The van der Waals surface area contributed by atoms with Crippen molar-refractivity contribution in [2.75, 3.05) is 7.11 Å². The number of rotatable bonds is 7. The number of fused-ring (bicyclic) bond motifs is 1. The van der Waals surface area contributed by atoms with Crippen LogP contribution in [0.2, 0.25) is 0 Å². The van der Waals surface area contributed by atoms with Crippen LogP contribution in [0.25, 0.3) is 39.2 Å². The van der Waals surface area contributed by atoms with Crippen LogP contribution >= 0.6 is 0 Å². The fourth-order valence-electron chi connectivity index (χ4n) is 4.63. The van der Waals surface area contributed by atoms with Gasteiger partial charge in [0.25, 0.3) is 5.56 Å². The van der Waals surface area contributed by atoms with Crippen LogP contribution in [0, 0.1) is 0 Å². The number of hydrogen-bond acceptors (Lipinski definition) is 5. The molecule has 0 aliphatic carbocycles. The highest BCUT2D eigenvalue weighted by molar-refractivity contribution is 5.91. The van der Waals surface area contributed by atoms with Crippen LogP contribution in [0.4, 0.5) is 0 Å². The highest BCUT2D eigenvalue weighted by Crippen LogP contribution is 2.35. The summed E-state index contributed by atoms with van der Waals surface area (Å²) in [5, 5.41) is 11.8. The lowest BCUT2D eigenvalue weighted by molar-refractivity contribution is 0.415. The van der Waals surface area contributed by atoms with E-state index in [-0.39, 0.29) is 5.56 Å². The van der Waals surface area contributed by atoms with Crippen LogP contribution in [0.15, 0.2) is 96.1 Å². The van der Waals surface area contributed by atoms with Gasteiger partial charge in [-0.25, -0.2) is 4.98 Å². The van der Waals surface area contributed by atoms with Gasteiger partial charge >= 0.3 is 0 Å². The molecule has 0 radical (unpaired) electrons. The van der Waals surface area contributed by atoms with Gasteiger partial charge in [0.15, 0.2) is 5.82 Å². The lowest BCUT2D eigenvalue weighted by atomic mass is 10.00. The van der Waals surface area contributed by atoms with E-state index in [1.165, 1.54) is 4.52 Å². The van der Waals surface area contributed by atoms with E-state index in [0.717, 1.165) is 39.4 Å². The number of aromatic amines is 2. The molecular weight excluding hydrogens is 464 g/mol. The number of nitrogens with zero attached hydrogens (tertiary/aromatic N) is 4. The van der Waals surface area contributed by atoms with Crippen LogP contribution in [-0.4, -0.2) is 36.9 Å². The normalized spacial score (nSPS) is 11.2. The molecule has 0 atom stereocenters. The van der Waals surface area contributed by atoms with Gasteiger partial charge in [-0.2, -0.15) is 14.7 Å². The number of methoxy groups -OCH3 is 1. The molecule has 0 bridgehead atoms. The topological polar surface area (TPSA) is 101 Å². The Kier molecular flexibility index (Phi) is 5.82. The number of hydrogen-bond donors (Lipinski definition) is 2. The second-order valence-corrected chi connectivity index (χ2v) is 8.64. The standard InChI is InChI=1S/C29H24N6O2/c1-37-22-14-12-20(13-15-22)25-23(16-17-24-30-18-31-33-24)32-28-26(19-8-4-2-5-9-19)27(34-35(28)29(25)36)21-10-6-3-7-11-21/h2-15,18,32H,16-17H2,1H3,(H,30,31,33). The average Bonchev–Trinajstić information content (AvgIpc) is 3.61. The van der Waals surface area contributed by atoms with Crippen molar-refractivity contribution in [3.8, 4) is 39.3 Å². The maximum absolute atomic E-state index is 14.1. The number of aryl methyl sites for hydroxylation is 2. The van der Waals surface area contributed by atoms with Crippen molar-refractivity contribution in [2.24, 2.45) is 0 Å². The summed E-state index contributed by atoms with van der Waals surface area (Å²) in [6.45, 7) is 0. The van der Waals surface area contributed by atoms with Crippen molar-refractivity contribution >= 4 is 5.65 Å². The zero-order valence-corrected chi connectivity index (χ0v) is 20.2. The van der Waals surface area contributed by atoms with Crippen LogP contribution in [0.1, 0.15) is 11.5 Å². The van der Waals surface area contributed by atoms with Gasteiger partial charge in [-0.15, -0.1) is 0 Å². The molecule has 182 valence electrons. The molecule has 0 saturated heterocycles. The lowest BCUT2D eigenvalue weighted by Gasteiger charge is -2.11. The van der Waals surface area contributed by atoms with E-state index < -0.39 is 0 Å². The van der Waals surface area contributed by atoms with Crippen molar-refractivity contribution < 1.29 is 4.74 Å². The molecule has 3 aromatic heterocycles. The van der Waals surface area contributed by atoms with Crippen LogP contribution in [0.5, 0.6) is 5.75 Å². The number of nitrogens with one attached hydrogen (secondary N) is 2. The number of H-pyrrole nitrogens is 2. The predicted molar refractivity (Wildman–Crippen MR) is 142 cm³/mol. The summed E-state index contributed by atoms with van der Waals surface area (Å²) in [4.78, 5) is 21.9. The van der Waals surface area contributed by atoms with E-state index in [1.807, 2.05) is 84.9 Å². The maximum atomic E-state index is 14.1. The SMILES string of the molecule is COc1ccc(-c2c(CCc3nc[nH]n3)[nH]c3c(-c4ccccc4)c(-c4ccccc4)nn3c2=O)cc1. The molecule has 3 aromatic carbocycles. The van der Waals surface area contributed by atoms with Gasteiger partial charge in [0.2, 0.25) is 0 Å². The highest BCUT2D eigenvalue weighted by atomic mass is 16.5. The Morgan fingerprint density at radius 2 is 1.49 bits per heavy atom. The van der Waals surface area contributed by atoms with Crippen LogP contribution < -0.4 is 10.3 Å². The minimum Gasteiger partial charge on any atom is -0.497 e. The van der Waals surface area contributed by atoms with Gasteiger partial charge in [-0.3, -0.25) is 9.89 Å². The van der Waals surface area contributed by atoms with Crippen molar-refractivity contribution in [2.45, 2.75) is 12.8 Å². The first-order valence-corrected chi connectivity index (χ1v) is 12.0. The quantitative estimate of drug-likeness (QED) is 0.332. The molecule has 2 N–H and O–H groups in total. The average molecular weight is 489 g/mol. The molecule has 0 spiro atoms. The van der Waals surface area contributed by atoms with Gasteiger partial charge in [-0.05, 0) is 29.7 Å². The van der Waals surface area contributed by atoms with Gasteiger partial charge in [0.05, 0.1) is 18.2 Å². The van der Waals surface area contributed by atoms with Gasteiger partial charge in [0.1, 0.15) is 23.4 Å². The van der Waals surface area contributed by atoms with Crippen molar-refractivity contribution in [1.82, 2.24) is 29.8 Å². The third kappa shape index (κ3) is 4.18. The molecule has 0 aliphatic rings. The van der Waals surface area contributed by atoms with Crippen molar-refractivity contribution in [1.29, 1.82) is 0 Å². The molecule has 3 heterocycles. The smallest absolute Gasteiger partial charge is 0.282 e. The van der Waals surface area contributed by atoms with E-state index in [2.05, 4.69) is 20.2 Å². The molecule has 8 nitrogen and oxygen atoms in total. The lowest BCUT2D eigenvalue weighted by Crippen LogP contribution is -2.20. The summed E-state index contributed by atoms with van der Waals surface area (Å²) < 4.78 is 6.81. The Bertz CT molecular complexity index is 1700. The van der Waals surface area contributed by atoms with E-state index in [1.54, 1.807) is 13.4 Å². The summed E-state index contributed by atoms with van der Waals surface area (Å²) in [6, 6.07) is 27.4. The zero-order chi connectivity index (χ0) is 25.2. The molecule has 0 saturated carbocycles. The summed E-state index contributed by atoms with van der Waals surface area (Å²) in [6.07, 6.45) is 2.67. The summed E-state index contributed by atoms with van der Waals surface area (Å²) >= 11 is 0. The molecule has 37 heavy (non-hydrogen) atoms. The third-order valence-electron chi connectivity index (χ3n) is 6.41. The Morgan fingerprint density at radius 3 is 2.14 bits per heavy atom. The largest absolute Gasteiger partial charge is 0.497 e. The second kappa shape index (κ2) is 9.58. The second-order valence-electron chi connectivity index (χ2n) is 8.64. The molecule has 6 aromatic rings. The molecule has 6 rings (SSSR count). The number of ether oxygens (including phenoxy) is 1. The van der Waals surface area contributed by atoms with E-state index >= 15 is 0 Å². The Labute approximate surface area is 212 Å². The van der Waals surface area contributed by atoms with E-state index in [0.29, 0.717) is 29.9 Å². The van der Waals surface area contributed by atoms with Crippen LogP contribution in [-0.2, 0) is 12.8 Å². The number of aromatic nitrogens is 6. The van der Waals surface area contributed by atoms with E-state index in [9.17, 15) is 4.79 Å². The summed E-state index contributed by atoms with van der Waals surface area (Å²) in [5.41, 5.74) is 6.13. The van der Waals surface area contributed by atoms with Crippen LogP contribution in [0.3, 0.4) is 0 Å². The fraction of sp³-hybridized carbons (Fsp3) is 0.103. The van der Waals surface area contributed by atoms with Gasteiger partial charge < -0.3 is 9.72 Å². The fourth-order valence-corrected chi connectivity index (χ4v) is 4.63. The van der Waals surface area contributed by atoms with E-state index in [4.69, 9.17) is 9.84 Å².